The van der Waals surface area contributed by atoms with Crippen molar-refractivity contribution in [1.82, 2.24) is 14.5 Å². The van der Waals surface area contributed by atoms with Crippen LogP contribution < -0.4 is 4.72 Å². The van der Waals surface area contributed by atoms with Gasteiger partial charge >= 0.3 is 0 Å². The monoisotopic (exact) mass is 601 g/mol. The van der Waals surface area contributed by atoms with Gasteiger partial charge in [0, 0.05) is 20.6 Å². The average Bonchev–Trinajstić information content (AvgIpc) is 3.10. The molecule has 0 aliphatic carbocycles. The number of rotatable bonds is 6. The molecule has 0 aliphatic heterocycles. The first kappa shape index (κ1) is 25.2. The maximum Gasteiger partial charge on any atom is 0.240 e. The summed E-state index contributed by atoms with van der Waals surface area (Å²) >= 11 is 21.7. The molecule has 0 unspecified atom stereocenters. The summed E-state index contributed by atoms with van der Waals surface area (Å²) in [6, 6.07) is 15.9. The molecule has 1 N–H and O–H groups in total. The summed E-state index contributed by atoms with van der Waals surface area (Å²) in [4.78, 5) is -0.148. The van der Waals surface area contributed by atoms with Gasteiger partial charge in [0.1, 0.15) is 5.82 Å². The van der Waals surface area contributed by atoms with E-state index in [-0.39, 0.29) is 16.5 Å². The first-order valence-corrected chi connectivity index (χ1v) is 13.2. The third kappa shape index (κ3) is 5.17. The summed E-state index contributed by atoms with van der Waals surface area (Å²) in [5, 5.41) is 5.25. The number of benzene rings is 3. The van der Waals surface area contributed by atoms with Crippen molar-refractivity contribution in [3.8, 4) is 16.9 Å². The lowest BCUT2D eigenvalue weighted by Gasteiger charge is -2.11. The predicted octanol–water partition coefficient (Wildman–Crippen LogP) is 7.19. The molecule has 176 valence electrons. The Balaban J connectivity index is 1.76. The van der Waals surface area contributed by atoms with E-state index < -0.39 is 15.8 Å². The van der Waals surface area contributed by atoms with Gasteiger partial charge in [-0.05, 0) is 55.5 Å². The molecular formula is C23H16BrCl3FN3O2S. The van der Waals surface area contributed by atoms with Crippen LogP contribution in [0.25, 0.3) is 16.9 Å². The summed E-state index contributed by atoms with van der Waals surface area (Å²) in [6.45, 7) is 1.74. The summed E-state index contributed by atoms with van der Waals surface area (Å²) in [6.07, 6.45) is 0. The second kappa shape index (κ2) is 9.97. The van der Waals surface area contributed by atoms with Gasteiger partial charge in [-0.2, -0.15) is 5.10 Å². The quantitative estimate of drug-likeness (QED) is 0.254. The van der Waals surface area contributed by atoms with E-state index in [0.717, 1.165) is 39.5 Å². The fraction of sp³-hybridized carbons (Fsp3) is 0.0870. The molecule has 0 radical (unpaired) electrons. The molecule has 1 aromatic heterocycles. The third-order valence-electron chi connectivity index (χ3n) is 5.11. The van der Waals surface area contributed by atoms with Crippen LogP contribution >= 0.6 is 50.7 Å². The van der Waals surface area contributed by atoms with Gasteiger partial charge in [0.25, 0.3) is 0 Å². The van der Waals surface area contributed by atoms with Crippen molar-refractivity contribution < 1.29 is 12.8 Å². The molecule has 5 nitrogen and oxygen atoms in total. The molecule has 0 saturated carbocycles. The summed E-state index contributed by atoms with van der Waals surface area (Å²) in [5.74, 6) is -0.700. The fourth-order valence-corrected chi connectivity index (χ4v) is 5.39. The smallest absolute Gasteiger partial charge is 0.231 e. The van der Waals surface area contributed by atoms with Gasteiger partial charge in [-0.25, -0.2) is 22.2 Å². The lowest BCUT2D eigenvalue weighted by Crippen LogP contribution is -2.24. The number of sulfonamides is 1. The van der Waals surface area contributed by atoms with Crippen molar-refractivity contribution >= 4 is 60.8 Å². The van der Waals surface area contributed by atoms with Crippen molar-refractivity contribution in [3.05, 3.63) is 97.3 Å². The normalized spacial score (nSPS) is 11.7. The van der Waals surface area contributed by atoms with Gasteiger partial charge in [-0.1, -0.05) is 62.9 Å². The zero-order chi connectivity index (χ0) is 24.6. The fourth-order valence-electron chi connectivity index (χ4n) is 3.37. The van der Waals surface area contributed by atoms with Gasteiger partial charge < -0.3 is 0 Å². The van der Waals surface area contributed by atoms with Crippen LogP contribution in [0, 0.1) is 12.7 Å². The van der Waals surface area contributed by atoms with Gasteiger partial charge in [-0.3, -0.25) is 0 Å². The second-order valence-corrected chi connectivity index (χ2v) is 11.3. The number of nitrogens with zero attached hydrogens (tertiary/aromatic N) is 2. The molecule has 34 heavy (non-hydrogen) atoms. The Hall–Kier alpha value is -1.94. The average molecular weight is 604 g/mol. The summed E-state index contributed by atoms with van der Waals surface area (Å²) in [7, 11) is -3.97. The van der Waals surface area contributed by atoms with Crippen molar-refractivity contribution in [2.75, 3.05) is 0 Å². The number of aromatic nitrogens is 2. The first-order valence-electron chi connectivity index (χ1n) is 9.81. The van der Waals surface area contributed by atoms with Gasteiger partial charge in [0.05, 0.1) is 38.6 Å². The minimum Gasteiger partial charge on any atom is -0.231 e. The van der Waals surface area contributed by atoms with Crippen molar-refractivity contribution in [2.24, 2.45) is 0 Å². The lowest BCUT2D eigenvalue weighted by molar-refractivity contribution is 0.579. The van der Waals surface area contributed by atoms with Crippen LogP contribution in [0.15, 0.2) is 70.0 Å². The SMILES string of the molecule is Cc1c(CNS(=O)(=O)c2ccc(F)c(Cl)c2)nn(-c2ccc(Cl)cc2Cl)c1-c1ccc(Br)cc1. The van der Waals surface area contributed by atoms with E-state index in [4.69, 9.17) is 34.8 Å². The Morgan fingerprint density at radius 1 is 1.00 bits per heavy atom. The zero-order valence-electron chi connectivity index (χ0n) is 17.5. The summed E-state index contributed by atoms with van der Waals surface area (Å²) < 4.78 is 44.1. The molecule has 0 spiro atoms. The summed E-state index contributed by atoms with van der Waals surface area (Å²) in [5.41, 5.74) is 3.44. The lowest BCUT2D eigenvalue weighted by atomic mass is 10.1. The maximum atomic E-state index is 13.5. The van der Waals surface area contributed by atoms with Crippen LogP contribution in [0.2, 0.25) is 15.1 Å². The van der Waals surface area contributed by atoms with Gasteiger partial charge in [0.15, 0.2) is 0 Å². The minimum absolute atomic E-state index is 0.106. The molecule has 3 aromatic carbocycles. The van der Waals surface area contributed by atoms with Crippen molar-refractivity contribution in [1.29, 1.82) is 0 Å². The number of hydrogen-bond acceptors (Lipinski definition) is 3. The van der Waals surface area contributed by atoms with Crippen LogP contribution in [0.3, 0.4) is 0 Å². The second-order valence-electron chi connectivity index (χ2n) is 7.34. The Labute approximate surface area is 219 Å². The highest BCUT2D eigenvalue weighted by Gasteiger charge is 2.22. The molecule has 4 aromatic rings. The molecule has 0 aliphatic rings. The molecule has 0 fully saturated rings. The Bertz CT molecular complexity index is 1490. The van der Waals surface area contributed by atoms with Crippen molar-refractivity contribution in [2.45, 2.75) is 18.4 Å². The van der Waals surface area contributed by atoms with Crippen LogP contribution in [0.5, 0.6) is 0 Å². The maximum absolute atomic E-state index is 13.5. The van der Waals surface area contributed by atoms with E-state index in [1.54, 1.807) is 22.9 Å². The minimum atomic E-state index is -3.97. The van der Waals surface area contributed by atoms with Crippen LogP contribution in [-0.2, 0) is 16.6 Å². The number of nitrogens with one attached hydrogen (secondary N) is 1. The largest absolute Gasteiger partial charge is 0.240 e. The van der Waals surface area contributed by atoms with Crippen molar-refractivity contribution in [3.63, 3.8) is 0 Å². The van der Waals surface area contributed by atoms with E-state index >= 15 is 0 Å². The Kier molecular flexibility index (Phi) is 7.38. The highest BCUT2D eigenvalue weighted by Crippen LogP contribution is 2.33. The molecule has 0 amide bonds. The molecule has 1 heterocycles. The highest BCUT2D eigenvalue weighted by atomic mass is 79.9. The predicted molar refractivity (Wildman–Crippen MR) is 137 cm³/mol. The van der Waals surface area contributed by atoms with Crippen LogP contribution in [0.1, 0.15) is 11.3 Å². The molecule has 0 bridgehead atoms. The van der Waals surface area contributed by atoms with E-state index in [2.05, 4.69) is 25.8 Å². The van der Waals surface area contributed by atoms with E-state index in [1.807, 2.05) is 31.2 Å². The standard InChI is InChI=1S/C23H16BrCl3FN3O2S/c1-13-21(12-29-34(32,33)17-7-8-20(28)18(26)11-17)30-31(22-9-6-16(25)10-19(22)27)23(13)14-2-4-15(24)5-3-14/h2-11,29H,12H2,1H3. The topological polar surface area (TPSA) is 64.0 Å². The van der Waals surface area contributed by atoms with Gasteiger partial charge in [0.2, 0.25) is 10.0 Å². The molecule has 4 rings (SSSR count). The number of halogens is 5. The van der Waals surface area contributed by atoms with Crippen LogP contribution in [0.4, 0.5) is 4.39 Å². The molecule has 11 heteroatoms. The highest BCUT2D eigenvalue weighted by molar-refractivity contribution is 9.10. The first-order chi connectivity index (χ1) is 16.1. The van der Waals surface area contributed by atoms with E-state index in [9.17, 15) is 12.8 Å². The van der Waals surface area contributed by atoms with Crippen LogP contribution in [-0.4, -0.2) is 18.2 Å². The van der Waals surface area contributed by atoms with Gasteiger partial charge in [-0.15, -0.1) is 0 Å². The number of hydrogen-bond donors (Lipinski definition) is 1. The molecule has 0 atom stereocenters. The molecular weight excluding hydrogens is 588 g/mol. The Morgan fingerprint density at radius 2 is 1.71 bits per heavy atom. The van der Waals surface area contributed by atoms with E-state index in [1.165, 1.54) is 0 Å². The zero-order valence-corrected chi connectivity index (χ0v) is 22.2. The molecule has 0 saturated heterocycles. The van der Waals surface area contributed by atoms with E-state index in [0.29, 0.717) is 21.4 Å². The third-order valence-corrected chi connectivity index (χ3v) is 7.86. The Morgan fingerprint density at radius 3 is 2.35 bits per heavy atom.